The zero-order chi connectivity index (χ0) is 13.9. The SMILES string of the molecule is CCCc1nc2ccccc2n1Cc1ccc(O)cc1. The van der Waals surface area contributed by atoms with Gasteiger partial charge in [-0.3, -0.25) is 0 Å². The first-order chi connectivity index (χ1) is 9.78. The lowest BCUT2D eigenvalue weighted by Crippen LogP contribution is -2.05. The third kappa shape index (κ3) is 2.39. The number of aryl methyl sites for hydroxylation is 1. The smallest absolute Gasteiger partial charge is 0.115 e. The summed E-state index contributed by atoms with van der Waals surface area (Å²) in [5.74, 6) is 1.43. The Labute approximate surface area is 118 Å². The molecule has 0 aliphatic heterocycles. The van der Waals surface area contributed by atoms with E-state index in [9.17, 15) is 5.11 Å². The minimum atomic E-state index is 0.304. The van der Waals surface area contributed by atoms with Crippen LogP contribution in [-0.2, 0) is 13.0 Å². The molecule has 3 aromatic rings. The Balaban J connectivity index is 2.04. The fraction of sp³-hybridized carbons (Fsp3) is 0.235. The van der Waals surface area contributed by atoms with E-state index in [0.717, 1.165) is 30.7 Å². The molecule has 1 aromatic heterocycles. The molecule has 3 heteroatoms. The first-order valence-corrected chi connectivity index (χ1v) is 7.00. The molecule has 0 fully saturated rings. The highest BCUT2D eigenvalue weighted by molar-refractivity contribution is 5.76. The number of fused-ring (bicyclic) bond motifs is 1. The summed E-state index contributed by atoms with van der Waals surface area (Å²) in [5, 5.41) is 9.37. The van der Waals surface area contributed by atoms with Crippen LogP contribution in [0.2, 0.25) is 0 Å². The molecule has 0 unspecified atom stereocenters. The van der Waals surface area contributed by atoms with Gasteiger partial charge in [0.1, 0.15) is 11.6 Å². The number of benzene rings is 2. The van der Waals surface area contributed by atoms with Crippen molar-refractivity contribution in [3.63, 3.8) is 0 Å². The van der Waals surface area contributed by atoms with Crippen molar-refractivity contribution >= 4 is 11.0 Å². The molecule has 3 rings (SSSR count). The number of rotatable bonds is 4. The van der Waals surface area contributed by atoms with E-state index in [1.165, 1.54) is 11.1 Å². The summed E-state index contributed by atoms with van der Waals surface area (Å²) in [5.41, 5.74) is 3.39. The zero-order valence-corrected chi connectivity index (χ0v) is 11.6. The van der Waals surface area contributed by atoms with Crippen LogP contribution in [0.4, 0.5) is 0 Å². The van der Waals surface area contributed by atoms with E-state index >= 15 is 0 Å². The lowest BCUT2D eigenvalue weighted by atomic mass is 10.2. The first-order valence-electron chi connectivity index (χ1n) is 7.00. The summed E-state index contributed by atoms with van der Waals surface area (Å²) < 4.78 is 2.27. The molecular weight excluding hydrogens is 248 g/mol. The number of nitrogens with zero attached hydrogens (tertiary/aromatic N) is 2. The lowest BCUT2D eigenvalue weighted by molar-refractivity contribution is 0.475. The first kappa shape index (κ1) is 12.7. The molecule has 0 aliphatic rings. The highest BCUT2D eigenvalue weighted by Gasteiger charge is 2.09. The zero-order valence-electron chi connectivity index (χ0n) is 11.6. The lowest BCUT2D eigenvalue weighted by Gasteiger charge is -2.09. The van der Waals surface area contributed by atoms with Crippen LogP contribution in [0.15, 0.2) is 48.5 Å². The fourth-order valence-corrected chi connectivity index (χ4v) is 2.50. The molecule has 0 atom stereocenters. The fourth-order valence-electron chi connectivity index (χ4n) is 2.50. The van der Waals surface area contributed by atoms with Crippen molar-refractivity contribution < 1.29 is 5.11 Å². The summed E-state index contributed by atoms with van der Waals surface area (Å²) in [6.45, 7) is 2.96. The Kier molecular flexibility index (Phi) is 3.42. The molecule has 2 aromatic carbocycles. The van der Waals surface area contributed by atoms with Gasteiger partial charge in [0, 0.05) is 13.0 Å². The standard InChI is InChI=1S/C17H18N2O/c1-2-5-17-18-15-6-3-4-7-16(15)19(17)12-13-8-10-14(20)11-9-13/h3-4,6-11,20H,2,5,12H2,1H3. The molecule has 0 saturated carbocycles. The van der Waals surface area contributed by atoms with Crippen molar-refractivity contribution in [3.05, 3.63) is 59.9 Å². The molecule has 0 radical (unpaired) electrons. The summed E-state index contributed by atoms with van der Waals surface area (Å²) >= 11 is 0. The van der Waals surface area contributed by atoms with Crippen LogP contribution in [0.25, 0.3) is 11.0 Å². The minimum absolute atomic E-state index is 0.304. The van der Waals surface area contributed by atoms with E-state index in [4.69, 9.17) is 4.98 Å². The predicted molar refractivity (Wildman–Crippen MR) is 80.9 cm³/mol. The van der Waals surface area contributed by atoms with Gasteiger partial charge in [-0.2, -0.15) is 0 Å². The van der Waals surface area contributed by atoms with Crippen LogP contribution in [0.3, 0.4) is 0 Å². The summed E-state index contributed by atoms with van der Waals surface area (Å²) in [6, 6.07) is 15.6. The van der Waals surface area contributed by atoms with Crippen LogP contribution >= 0.6 is 0 Å². The van der Waals surface area contributed by atoms with Gasteiger partial charge in [-0.15, -0.1) is 0 Å². The molecule has 0 spiro atoms. The third-order valence-electron chi connectivity index (χ3n) is 3.48. The quantitative estimate of drug-likeness (QED) is 0.781. The van der Waals surface area contributed by atoms with Crippen molar-refractivity contribution in [2.75, 3.05) is 0 Å². The van der Waals surface area contributed by atoms with Gasteiger partial charge in [0.2, 0.25) is 0 Å². The molecule has 3 nitrogen and oxygen atoms in total. The second-order valence-corrected chi connectivity index (χ2v) is 5.02. The molecule has 0 aliphatic carbocycles. The molecule has 0 saturated heterocycles. The van der Waals surface area contributed by atoms with Gasteiger partial charge in [0.15, 0.2) is 0 Å². The van der Waals surface area contributed by atoms with Gasteiger partial charge in [-0.25, -0.2) is 4.98 Å². The predicted octanol–water partition coefficient (Wildman–Crippen LogP) is 3.74. The molecular formula is C17H18N2O. The van der Waals surface area contributed by atoms with Gasteiger partial charge in [0.25, 0.3) is 0 Å². The van der Waals surface area contributed by atoms with Gasteiger partial charge >= 0.3 is 0 Å². The van der Waals surface area contributed by atoms with Crippen molar-refractivity contribution in [2.24, 2.45) is 0 Å². The molecule has 1 heterocycles. The summed E-state index contributed by atoms with van der Waals surface area (Å²) in [4.78, 5) is 4.73. The number of aromatic hydroxyl groups is 1. The summed E-state index contributed by atoms with van der Waals surface area (Å²) in [6.07, 6.45) is 2.06. The highest BCUT2D eigenvalue weighted by Crippen LogP contribution is 2.19. The van der Waals surface area contributed by atoms with Gasteiger partial charge in [-0.05, 0) is 36.2 Å². The Morgan fingerprint density at radius 3 is 2.55 bits per heavy atom. The topological polar surface area (TPSA) is 38.0 Å². The Morgan fingerprint density at radius 1 is 1.05 bits per heavy atom. The molecule has 20 heavy (non-hydrogen) atoms. The maximum absolute atomic E-state index is 9.37. The Hall–Kier alpha value is -2.29. The number of phenols is 1. The maximum Gasteiger partial charge on any atom is 0.115 e. The van der Waals surface area contributed by atoms with Crippen molar-refractivity contribution in [2.45, 2.75) is 26.3 Å². The number of hydrogen-bond donors (Lipinski definition) is 1. The molecule has 0 amide bonds. The van der Waals surface area contributed by atoms with Crippen LogP contribution in [0.1, 0.15) is 24.7 Å². The largest absolute Gasteiger partial charge is 0.508 e. The number of phenolic OH excluding ortho intramolecular Hbond substituents is 1. The molecule has 0 bridgehead atoms. The van der Waals surface area contributed by atoms with Crippen molar-refractivity contribution in [3.8, 4) is 5.75 Å². The number of aromatic nitrogens is 2. The van der Waals surface area contributed by atoms with Crippen LogP contribution in [0, 0.1) is 0 Å². The van der Waals surface area contributed by atoms with Gasteiger partial charge < -0.3 is 9.67 Å². The summed E-state index contributed by atoms with van der Waals surface area (Å²) in [7, 11) is 0. The Bertz CT molecular complexity index is 713. The molecule has 1 N–H and O–H groups in total. The van der Waals surface area contributed by atoms with Crippen LogP contribution in [0.5, 0.6) is 5.75 Å². The van der Waals surface area contributed by atoms with Crippen LogP contribution in [-0.4, -0.2) is 14.7 Å². The van der Waals surface area contributed by atoms with E-state index < -0.39 is 0 Å². The average molecular weight is 266 g/mol. The van der Waals surface area contributed by atoms with Crippen molar-refractivity contribution in [1.29, 1.82) is 0 Å². The van der Waals surface area contributed by atoms with Gasteiger partial charge in [-0.1, -0.05) is 31.2 Å². The normalized spacial score (nSPS) is 11.1. The second-order valence-electron chi connectivity index (χ2n) is 5.02. The third-order valence-corrected chi connectivity index (χ3v) is 3.48. The van der Waals surface area contributed by atoms with Crippen molar-refractivity contribution in [1.82, 2.24) is 9.55 Å². The maximum atomic E-state index is 9.37. The van der Waals surface area contributed by atoms with E-state index in [0.29, 0.717) is 5.75 Å². The van der Waals surface area contributed by atoms with E-state index in [1.54, 1.807) is 12.1 Å². The monoisotopic (exact) mass is 266 g/mol. The minimum Gasteiger partial charge on any atom is -0.508 e. The second kappa shape index (κ2) is 5.37. The number of para-hydroxylation sites is 2. The van der Waals surface area contributed by atoms with E-state index in [2.05, 4.69) is 23.6 Å². The van der Waals surface area contributed by atoms with E-state index in [1.807, 2.05) is 24.3 Å². The molecule has 102 valence electrons. The number of hydrogen-bond acceptors (Lipinski definition) is 2. The Morgan fingerprint density at radius 2 is 1.80 bits per heavy atom. The van der Waals surface area contributed by atoms with Crippen LogP contribution < -0.4 is 0 Å². The van der Waals surface area contributed by atoms with E-state index in [-0.39, 0.29) is 0 Å². The number of imidazole rings is 1. The van der Waals surface area contributed by atoms with Gasteiger partial charge in [0.05, 0.1) is 11.0 Å². The average Bonchev–Trinajstić information content (AvgIpc) is 2.80. The highest BCUT2D eigenvalue weighted by atomic mass is 16.3.